The van der Waals surface area contributed by atoms with Crippen LogP contribution in [0.5, 0.6) is 5.75 Å². The van der Waals surface area contributed by atoms with Gasteiger partial charge in [0, 0.05) is 24.1 Å². The lowest BCUT2D eigenvalue weighted by atomic mass is 9.66. The quantitative estimate of drug-likeness (QED) is 0.613. The zero-order valence-corrected chi connectivity index (χ0v) is 19.5. The van der Waals surface area contributed by atoms with Gasteiger partial charge in [0.05, 0.1) is 18.8 Å². The number of carbonyl (C=O) groups excluding carboxylic acids is 1. The second kappa shape index (κ2) is 9.50. The van der Waals surface area contributed by atoms with Gasteiger partial charge in [0.25, 0.3) is 0 Å². The molecule has 1 aliphatic carbocycles. The number of para-hydroxylation sites is 1. The van der Waals surface area contributed by atoms with E-state index in [2.05, 4.69) is 38.1 Å². The molecule has 0 aromatic heterocycles. The van der Waals surface area contributed by atoms with E-state index in [-0.39, 0.29) is 17.9 Å². The fourth-order valence-electron chi connectivity index (χ4n) is 5.48. The van der Waals surface area contributed by atoms with Crippen molar-refractivity contribution in [2.75, 3.05) is 13.7 Å². The maximum Gasteiger partial charge on any atom is 0.247 e. The fraction of sp³-hybridized carbons (Fsp3) is 0.464. The van der Waals surface area contributed by atoms with Crippen LogP contribution in [0.1, 0.15) is 74.6 Å². The number of rotatable bonds is 5. The van der Waals surface area contributed by atoms with Crippen LogP contribution in [-0.2, 0) is 4.79 Å². The van der Waals surface area contributed by atoms with Gasteiger partial charge in [-0.1, -0.05) is 69.2 Å². The van der Waals surface area contributed by atoms with E-state index in [4.69, 9.17) is 4.74 Å². The van der Waals surface area contributed by atoms with E-state index in [1.54, 1.807) is 13.2 Å². The molecule has 0 unspecified atom stereocenters. The van der Waals surface area contributed by atoms with Crippen molar-refractivity contribution in [1.29, 1.82) is 0 Å². The number of methoxy groups -OCH3 is 1. The smallest absolute Gasteiger partial charge is 0.247 e. The summed E-state index contributed by atoms with van der Waals surface area (Å²) in [5, 5.41) is 11.5. The van der Waals surface area contributed by atoms with Gasteiger partial charge in [0.2, 0.25) is 5.91 Å². The van der Waals surface area contributed by atoms with Crippen molar-refractivity contribution in [2.24, 2.45) is 5.92 Å². The predicted molar refractivity (Wildman–Crippen MR) is 129 cm³/mol. The molecule has 4 rings (SSSR count). The van der Waals surface area contributed by atoms with Gasteiger partial charge in [0.1, 0.15) is 5.75 Å². The first-order chi connectivity index (χ1) is 15.4. The first-order valence-corrected chi connectivity index (χ1v) is 11.9. The van der Waals surface area contributed by atoms with Crippen LogP contribution < -0.4 is 4.74 Å². The molecule has 4 nitrogen and oxygen atoms in total. The third-order valence-corrected chi connectivity index (χ3v) is 7.33. The van der Waals surface area contributed by atoms with Crippen LogP contribution in [0, 0.1) is 5.92 Å². The summed E-state index contributed by atoms with van der Waals surface area (Å²) in [6.45, 7) is 4.90. The molecular weight excluding hydrogens is 398 g/mol. The maximum absolute atomic E-state index is 13.4. The lowest BCUT2D eigenvalue weighted by Gasteiger charge is -2.52. The Labute approximate surface area is 191 Å². The molecule has 4 heteroatoms. The maximum atomic E-state index is 13.4. The Morgan fingerprint density at radius 1 is 1.12 bits per heavy atom. The Morgan fingerprint density at radius 3 is 2.59 bits per heavy atom. The van der Waals surface area contributed by atoms with Crippen molar-refractivity contribution in [3.63, 3.8) is 0 Å². The zero-order valence-electron chi connectivity index (χ0n) is 19.5. The Balaban J connectivity index is 1.64. The molecule has 1 aliphatic heterocycles. The van der Waals surface area contributed by atoms with Gasteiger partial charge in [-0.15, -0.1) is 0 Å². The van der Waals surface area contributed by atoms with Crippen molar-refractivity contribution in [2.45, 2.75) is 63.5 Å². The number of carbonyl (C=O) groups is 1. The highest BCUT2D eigenvalue weighted by atomic mass is 16.5. The minimum Gasteiger partial charge on any atom is -0.496 e. The summed E-state index contributed by atoms with van der Waals surface area (Å²) >= 11 is 0. The first kappa shape index (κ1) is 22.6. The van der Waals surface area contributed by atoms with Crippen LogP contribution in [0.2, 0.25) is 0 Å². The highest BCUT2D eigenvalue weighted by molar-refractivity contribution is 5.92. The predicted octanol–water partition coefficient (Wildman–Crippen LogP) is 5.73. The zero-order chi connectivity index (χ0) is 22.7. The van der Waals surface area contributed by atoms with Crippen LogP contribution in [0.15, 0.2) is 54.6 Å². The van der Waals surface area contributed by atoms with E-state index in [1.165, 1.54) is 5.56 Å². The number of fused-ring (bicyclic) bond motifs is 1. The average molecular weight is 434 g/mol. The molecule has 2 fully saturated rings. The molecule has 1 saturated heterocycles. The van der Waals surface area contributed by atoms with Gasteiger partial charge < -0.3 is 14.7 Å². The van der Waals surface area contributed by atoms with Crippen molar-refractivity contribution in [1.82, 2.24) is 4.90 Å². The van der Waals surface area contributed by atoms with Crippen molar-refractivity contribution < 1.29 is 14.6 Å². The van der Waals surface area contributed by atoms with E-state index in [9.17, 15) is 9.90 Å². The van der Waals surface area contributed by atoms with E-state index in [1.807, 2.05) is 35.2 Å². The van der Waals surface area contributed by atoms with E-state index in [0.717, 1.165) is 42.6 Å². The third kappa shape index (κ3) is 4.47. The molecule has 1 amide bonds. The molecule has 170 valence electrons. The summed E-state index contributed by atoms with van der Waals surface area (Å²) < 4.78 is 5.66. The number of hydrogen-bond donors (Lipinski definition) is 1. The molecule has 1 saturated carbocycles. The molecule has 0 bridgehead atoms. The largest absolute Gasteiger partial charge is 0.496 e. The van der Waals surface area contributed by atoms with Crippen molar-refractivity contribution >= 4 is 12.0 Å². The summed E-state index contributed by atoms with van der Waals surface area (Å²) in [5.41, 5.74) is 2.58. The van der Waals surface area contributed by atoms with E-state index in [0.29, 0.717) is 18.9 Å². The second-order valence-electron chi connectivity index (χ2n) is 9.58. The van der Waals surface area contributed by atoms with Gasteiger partial charge in [-0.3, -0.25) is 4.79 Å². The number of ether oxygens (including phenoxy) is 1. The fourth-order valence-corrected chi connectivity index (χ4v) is 5.48. The Bertz CT molecular complexity index is 965. The molecule has 1 N–H and O–H groups in total. The summed E-state index contributed by atoms with van der Waals surface area (Å²) in [4.78, 5) is 15.4. The van der Waals surface area contributed by atoms with E-state index >= 15 is 0 Å². The van der Waals surface area contributed by atoms with Crippen LogP contribution in [0.3, 0.4) is 0 Å². The van der Waals surface area contributed by atoms with Gasteiger partial charge in [-0.05, 0) is 48.4 Å². The van der Waals surface area contributed by atoms with Gasteiger partial charge in [-0.25, -0.2) is 0 Å². The SMILES string of the molecule is COc1ccccc1[C@@H]1[C@@H]2CCCC[C@@]2(O)CCN1C(=O)/C=C/c1ccc(C(C)C)cc1. The topological polar surface area (TPSA) is 49.8 Å². The molecule has 32 heavy (non-hydrogen) atoms. The lowest BCUT2D eigenvalue weighted by molar-refractivity contribution is -0.151. The normalized spacial score (nSPS) is 25.7. The minimum atomic E-state index is -0.711. The number of amides is 1. The second-order valence-corrected chi connectivity index (χ2v) is 9.58. The molecule has 2 aromatic rings. The molecule has 1 heterocycles. The van der Waals surface area contributed by atoms with Crippen molar-refractivity contribution in [3.8, 4) is 5.75 Å². The number of nitrogens with zero attached hydrogens (tertiary/aromatic N) is 1. The number of benzene rings is 2. The average Bonchev–Trinajstić information content (AvgIpc) is 2.81. The molecule has 0 spiro atoms. The minimum absolute atomic E-state index is 0.0125. The Morgan fingerprint density at radius 2 is 1.88 bits per heavy atom. The molecular formula is C28H35NO3. The number of hydrogen-bond acceptors (Lipinski definition) is 3. The lowest BCUT2D eigenvalue weighted by Crippen LogP contribution is -2.56. The highest BCUT2D eigenvalue weighted by Crippen LogP contribution is 2.50. The monoisotopic (exact) mass is 433 g/mol. The van der Waals surface area contributed by atoms with Gasteiger partial charge in [-0.2, -0.15) is 0 Å². The summed E-state index contributed by atoms with van der Waals surface area (Å²) in [7, 11) is 1.67. The van der Waals surface area contributed by atoms with E-state index < -0.39 is 5.60 Å². The van der Waals surface area contributed by atoms with Crippen LogP contribution >= 0.6 is 0 Å². The summed E-state index contributed by atoms with van der Waals surface area (Å²) in [6.07, 6.45) is 8.07. The number of likely N-dealkylation sites (tertiary alicyclic amines) is 1. The molecule has 2 aromatic carbocycles. The Kier molecular flexibility index (Phi) is 6.71. The summed E-state index contributed by atoms with van der Waals surface area (Å²) in [5.74, 6) is 1.27. The Hall–Kier alpha value is -2.59. The molecule has 2 aliphatic rings. The van der Waals surface area contributed by atoms with Gasteiger partial charge in [0.15, 0.2) is 0 Å². The first-order valence-electron chi connectivity index (χ1n) is 11.9. The molecule has 3 atom stereocenters. The third-order valence-electron chi connectivity index (χ3n) is 7.33. The number of piperidine rings is 1. The van der Waals surface area contributed by atoms with Crippen LogP contribution in [0.4, 0.5) is 0 Å². The van der Waals surface area contributed by atoms with Gasteiger partial charge >= 0.3 is 0 Å². The standard InChI is InChI=1S/C28H35NO3/c1-20(2)22-14-11-21(12-15-22)13-16-26(30)29-19-18-28(31)17-7-6-9-24(28)27(29)23-8-4-5-10-25(23)32-3/h4-5,8,10-16,20,24,27,31H,6-7,9,17-19H2,1-3H3/b16-13+/t24-,27+,28+/m0/s1. The van der Waals surface area contributed by atoms with Crippen LogP contribution in [0.25, 0.3) is 6.08 Å². The highest BCUT2D eigenvalue weighted by Gasteiger charge is 2.50. The van der Waals surface area contributed by atoms with Crippen LogP contribution in [-0.4, -0.2) is 35.2 Å². The van der Waals surface area contributed by atoms with Crippen molar-refractivity contribution in [3.05, 3.63) is 71.3 Å². The molecule has 0 radical (unpaired) electrons. The number of aliphatic hydroxyl groups is 1. The summed E-state index contributed by atoms with van der Waals surface area (Å²) in [6, 6.07) is 16.1.